The smallest absolute Gasteiger partial charge is 0.279 e. The van der Waals surface area contributed by atoms with Crippen LogP contribution in [0, 0.1) is 5.92 Å². The Labute approximate surface area is 93.2 Å². The third-order valence-corrected chi connectivity index (χ3v) is 3.52. The second-order valence-corrected chi connectivity index (χ2v) is 6.20. The molecular formula is C9H23N3O2S. The third kappa shape index (κ3) is 6.83. The quantitative estimate of drug-likeness (QED) is 0.661. The number of rotatable bonds is 7. The summed E-state index contributed by atoms with van der Waals surface area (Å²) in [5, 5.41) is 0. The lowest BCUT2D eigenvalue weighted by Gasteiger charge is -2.19. The van der Waals surface area contributed by atoms with E-state index in [9.17, 15) is 8.42 Å². The van der Waals surface area contributed by atoms with E-state index in [1.165, 1.54) is 4.31 Å². The average molecular weight is 237 g/mol. The lowest BCUT2D eigenvalue weighted by atomic mass is 10.2. The van der Waals surface area contributed by atoms with Gasteiger partial charge in [0.25, 0.3) is 10.2 Å². The first kappa shape index (κ1) is 14.8. The highest BCUT2D eigenvalue weighted by Gasteiger charge is 2.17. The highest BCUT2D eigenvalue weighted by atomic mass is 32.2. The molecular weight excluding hydrogens is 214 g/mol. The van der Waals surface area contributed by atoms with Crippen molar-refractivity contribution in [1.82, 2.24) is 9.03 Å². The molecule has 1 unspecified atom stereocenters. The molecule has 0 radical (unpaired) electrons. The monoisotopic (exact) mass is 237 g/mol. The molecule has 5 nitrogen and oxygen atoms in total. The highest BCUT2D eigenvalue weighted by molar-refractivity contribution is 7.87. The lowest BCUT2D eigenvalue weighted by Crippen LogP contribution is -2.41. The van der Waals surface area contributed by atoms with Crippen LogP contribution in [0.4, 0.5) is 0 Å². The summed E-state index contributed by atoms with van der Waals surface area (Å²) in [6, 6.07) is 0.0211. The average Bonchev–Trinajstić information content (AvgIpc) is 2.11. The minimum absolute atomic E-state index is 0.0211. The molecule has 0 heterocycles. The summed E-state index contributed by atoms with van der Waals surface area (Å²) < 4.78 is 27.1. The largest absolute Gasteiger partial charge is 0.328 e. The van der Waals surface area contributed by atoms with Gasteiger partial charge in [-0.2, -0.15) is 12.7 Å². The summed E-state index contributed by atoms with van der Waals surface area (Å²) in [5.41, 5.74) is 5.56. The lowest BCUT2D eigenvalue weighted by molar-refractivity contribution is 0.433. The van der Waals surface area contributed by atoms with E-state index in [4.69, 9.17) is 5.73 Å². The predicted molar refractivity (Wildman–Crippen MR) is 62.7 cm³/mol. The van der Waals surface area contributed by atoms with Crippen LogP contribution in [0.5, 0.6) is 0 Å². The van der Waals surface area contributed by atoms with Gasteiger partial charge in [0.15, 0.2) is 0 Å². The van der Waals surface area contributed by atoms with E-state index < -0.39 is 10.2 Å². The van der Waals surface area contributed by atoms with Gasteiger partial charge in [0.2, 0.25) is 0 Å². The second kappa shape index (κ2) is 6.42. The molecule has 6 heteroatoms. The van der Waals surface area contributed by atoms with Crippen molar-refractivity contribution in [3.05, 3.63) is 0 Å². The first-order valence-corrected chi connectivity index (χ1v) is 6.66. The molecule has 0 aliphatic rings. The number of hydrogen-bond donors (Lipinski definition) is 2. The second-order valence-electron chi connectivity index (χ2n) is 4.33. The SMILES string of the molecule is CC(C)CNS(=O)(=O)N(C)CCC(C)N. The van der Waals surface area contributed by atoms with Crippen molar-refractivity contribution < 1.29 is 8.42 Å². The fraction of sp³-hybridized carbons (Fsp3) is 1.00. The van der Waals surface area contributed by atoms with Crippen molar-refractivity contribution in [2.24, 2.45) is 11.7 Å². The van der Waals surface area contributed by atoms with E-state index >= 15 is 0 Å². The Morgan fingerprint density at radius 1 is 1.33 bits per heavy atom. The third-order valence-electron chi connectivity index (χ3n) is 1.98. The van der Waals surface area contributed by atoms with Gasteiger partial charge < -0.3 is 5.73 Å². The van der Waals surface area contributed by atoms with Crippen LogP contribution in [-0.4, -0.2) is 38.9 Å². The van der Waals surface area contributed by atoms with Crippen molar-refractivity contribution >= 4 is 10.2 Å². The van der Waals surface area contributed by atoms with Crippen molar-refractivity contribution in [2.45, 2.75) is 33.2 Å². The van der Waals surface area contributed by atoms with Crippen LogP contribution in [0.25, 0.3) is 0 Å². The molecule has 0 aromatic heterocycles. The van der Waals surface area contributed by atoms with Crippen molar-refractivity contribution in [2.75, 3.05) is 20.1 Å². The molecule has 0 aromatic rings. The zero-order chi connectivity index (χ0) is 12.1. The summed E-state index contributed by atoms with van der Waals surface area (Å²) in [4.78, 5) is 0. The number of nitrogens with one attached hydrogen (secondary N) is 1. The van der Waals surface area contributed by atoms with Gasteiger partial charge in [0.05, 0.1) is 0 Å². The van der Waals surface area contributed by atoms with Gasteiger partial charge in [0.1, 0.15) is 0 Å². The molecule has 3 N–H and O–H groups in total. The van der Waals surface area contributed by atoms with E-state index in [0.29, 0.717) is 25.4 Å². The van der Waals surface area contributed by atoms with E-state index in [-0.39, 0.29) is 6.04 Å². The molecule has 0 aromatic carbocycles. The molecule has 0 aliphatic heterocycles. The Kier molecular flexibility index (Phi) is 6.35. The minimum Gasteiger partial charge on any atom is -0.328 e. The summed E-state index contributed by atoms with van der Waals surface area (Å²) >= 11 is 0. The van der Waals surface area contributed by atoms with Gasteiger partial charge in [-0.3, -0.25) is 0 Å². The molecule has 15 heavy (non-hydrogen) atoms. The molecule has 1 atom stereocenters. The maximum Gasteiger partial charge on any atom is 0.279 e. The zero-order valence-electron chi connectivity index (χ0n) is 10.0. The number of nitrogens with two attached hydrogens (primary N) is 1. The summed E-state index contributed by atoms with van der Waals surface area (Å²) in [6.07, 6.45) is 0.666. The van der Waals surface area contributed by atoms with Crippen LogP contribution in [0.3, 0.4) is 0 Å². The maximum atomic E-state index is 11.6. The van der Waals surface area contributed by atoms with Crippen LogP contribution < -0.4 is 10.5 Å². The first-order valence-electron chi connectivity index (χ1n) is 5.22. The van der Waals surface area contributed by atoms with Crippen LogP contribution >= 0.6 is 0 Å². The van der Waals surface area contributed by atoms with Crippen LogP contribution in [0.15, 0.2) is 0 Å². The van der Waals surface area contributed by atoms with Gasteiger partial charge in [-0.05, 0) is 19.3 Å². The molecule has 0 saturated heterocycles. The highest BCUT2D eigenvalue weighted by Crippen LogP contribution is 1.99. The van der Waals surface area contributed by atoms with Gasteiger partial charge in [-0.25, -0.2) is 4.72 Å². The Bertz CT molecular complexity index is 263. The zero-order valence-corrected chi connectivity index (χ0v) is 10.8. The van der Waals surface area contributed by atoms with Gasteiger partial charge in [0, 0.05) is 26.2 Å². The molecule has 92 valence electrons. The van der Waals surface area contributed by atoms with Gasteiger partial charge >= 0.3 is 0 Å². The molecule has 0 saturated carbocycles. The van der Waals surface area contributed by atoms with Crippen LogP contribution in [0.1, 0.15) is 27.2 Å². The van der Waals surface area contributed by atoms with Crippen LogP contribution in [-0.2, 0) is 10.2 Å². The Hall–Kier alpha value is -0.170. The topological polar surface area (TPSA) is 75.4 Å². The first-order chi connectivity index (χ1) is 6.75. The van der Waals surface area contributed by atoms with Gasteiger partial charge in [-0.1, -0.05) is 13.8 Å². The minimum atomic E-state index is -3.32. The predicted octanol–water partition coefficient (Wildman–Crippen LogP) is 0.146. The fourth-order valence-electron chi connectivity index (χ4n) is 0.888. The van der Waals surface area contributed by atoms with E-state index in [0.717, 1.165) is 0 Å². The number of hydrogen-bond acceptors (Lipinski definition) is 3. The van der Waals surface area contributed by atoms with Crippen molar-refractivity contribution in [3.63, 3.8) is 0 Å². The molecule has 0 bridgehead atoms. The molecule has 0 aliphatic carbocycles. The van der Waals surface area contributed by atoms with Crippen molar-refractivity contribution in [1.29, 1.82) is 0 Å². The molecule has 0 amide bonds. The summed E-state index contributed by atoms with van der Waals surface area (Å²) in [7, 11) is -1.76. The summed E-state index contributed by atoms with van der Waals surface area (Å²) in [5.74, 6) is 0.307. The standard InChI is InChI=1S/C9H23N3O2S/c1-8(2)7-11-15(13,14)12(4)6-5-9(3)10/h8-9,11H,5-7,10H2,1-4H3. The Morgan fingerprint density at radius 3 is 2.27 bits per heavy atom. The fourth-order valence-corrected chi connectivity index (χ4v) is 2.00. The summed E-state index contributed by atoms with van der Waals surface area (Å²) in [6.45, 7) is 6.70. The normalized spacial score (nSPS) is 14.9. The molecule has 0 spiro atoms. The van der Waals surface area contributed by atoms with Crippen molar-refractivity contribution in [3.8, 4) is 0 Å². The van der Waals surface area contributed by atoms with E-state index in [1.807, 2.05) is 20.8 Å². The molecule has 0 rings (SSSR count). The van der Waals surface area contributed by atoms with E-state index in [1.54, 1.807) is 7.05 Å². The Balaban J connectivity index is 4.09. The van der Waals surface area contributed by atoms with Gasteiger partial charge in [-0.15, -0.1) is 0 Å². The molecule has 0 fully saturated rings. The Morgan fingerprint density at radius 2 is 1.87 bits per heavy atom. The number of nitrogens with zero attached hydrogens (tertiary/aromatic N) is 1. The maximum absolute atomic E-state index is 11.6. The van der Waals surface area contributed by atoms with Crippen LogP contribution in [0.2, 0.25) is 0 Å². The van der Waals surface area contributed by atoms with E-state index in [2.05, 4.69) is 4.72 Å².